The van der Waals surface area contributed by atoms with Crippen molar-refractivity contribution in [3.8, 4) is 5.75 Å². The van der Waals surface area contributed by atoms with Gasteiger partial charge in [0.2, 0.25) is 0 Å². The van der Waals surface area contributed by atoms with Gasteiger partial charge >= 0.3 is 5.97 Å². The largest absolute Gasteiger partial charge is 0.488 e. The highest BCUT2D eigenvalue weighted by Gasteiger charge is 2.21. The van der Waals surface area contributed by atoms with Crippen LogP contribution in [0.4, 0.5) is 5.69 Å². The van der Waals surface area contributed by atoms with Crippen molar-refractivity contribution < 1.29 is 19.1 Å². The number of halogens is 1. The van der Waals surface area contributed by atoms with Crippen molar-refractivity contribution >= 4 is 29.2 Å². The summed E-state index contributed by atoms with van der Waals surface area (Å²) >= 11 is 5.89. The molecule has 5 nitrogen and oxygen atoms in total. The Morgan fingerprint density at radius 2 is 1.59 bits per heavy atom. The van der Waals surface area contributed by atoms with Crippen LogP contribution in [0.3, 0.4) is 0 Å². The molecule has 29 heavy (non-hydrogen) atoms. The van der Waals surface area contributed by atoms with E-state index in [1.54, 1.807) is 60.7 Å². The number of amides is 1. The molecule has 0 unspecified atom stereocenters. The lowest BCUT2D eigenvalue weighted by atomic mass is 10.2. The molecule has 3 aromatic carbocycles. The van der Waals surface area contributed by atoms with Crippen LogP contribution in [0.5, 0.6) is 5.75 Å². The third kappa shape index (κ3) is 5.83. The van der Waals surface area contributed by atoms with Crippen molar-refractivity contribution in [2.45, 2.75) is 19.6 Å². The first-order chi connectivity index (χ1) is 14.0. The fourth-order valence-corrected chi connectivity index (χ4v) is 2.67. The zero-order chi connectivity index (χ0) is 20.6. The maximum atomic E-state index is 12.6. The van der Waals surface area contributed by atoms with Crippen LogP contribution in [0.15, 0.2) is 78.9 Å². The zero-order valence-electron chi connectivity index (χ0n) is 15.8. The second kappa shape index (κ2) is 9.75. The van der Waals surface area contributed by atoms with Crippen molar-refractivity contribution in [3.05, 3.63) is 95.0 Å². The normalized spacial score (nSPS) is 11.4. The van der Waals surface area contributed by atoms with Crippen molar-refractivity contribution in [1.29, 1.82) is 0 Å². The van der Waals surface area contributed by atoms with Gasteiger partial charge in [-0.15, -0.1) is 0 Å². The molecular formula is C23H20ClNO4. The molecule has 1 atom stereocenters. The number of nitrogens with one attached hydrogen (secondary N) is 1. The third-order valence-corrected chi connectivity index (χ3v) is 4.36. The number of carbonyl (C=O) groups excluding carboxylic acids is 2. The van der Waals surface area contributed by atoms with E-state index in [-0.39, 0.29) is 12.2 Å². The van der Waals surface area contributed by atoms with E-state index >= 15 is 0 Å². The van der Waals surface area contributed by atoms with Crippen molar-refractivity contribution in [2.24, 2.45) is 0 Å². The molecule has 0 bridgehead atoms. The summed E-state index contributed by atoms with van der Waals surface area (Å²) in [5.41, 5.74) is 1.79. The van der Waals surface area contributed by atoms with Gasteiger partial charge in [-0.3, -0.25) is 4.79 Å². The number of rotatable bonds is 7. The summed E-state index contributed by atoms with van der Waals surface area (Å²) in [4.78, 5) is 24.9. The number of hydrogen-bond donors (Lipinski definition) is 1. The van der Waals surface area contributed by atoms with E-state index in [0.29, 0.717) is 16.5 Å². The van der Waals surface area contributed by atoms with Crippen molar-refractivity contribution in [3.63, 3.8) is 0 Å². The average molecular weight is 410 g/mol. The SMILES string of the molecule is C[C@@H](OC(=O)c1ccccc1OCc1ccc(Cl)cc1)C(=O)Nc1ccccc1. The maximum absolute atomic E-state index is 12.6. The molecule has 3 rings (SSSR count). The minimum atomic E-state index is -0.966. The van der Waals surface area contributed by atoms with Gasteiger partial charge in [-0.2, -0.15) is 0 Å². The number of carbonyl (C=O) groups is 2. The van der Waals surface area contributed by atoms with Crippen LogP contribution in [0.2, 0.25) is 5.02 Å². The van der Waals surface area contributed by atoms with E-state index in [2.05, 4.69) is 5.32 Å². The molecule has 3 aromatic rings. The van der Waals surface area contributed by atoms with E-state index in [9.17, 15) is 9.59 Å². The van der Waals surface area contributed by atoms with Gasteiger partial charge in [-0.25, -0.2) is 4.79 Å². The van der Waals surface area contributed by atoms with Crippen LogP contribution in [-0.2, 0) is 16.1 Å². The maximum Gasteiger partial charge on any atom is 0.342 e. The van der Waals surface area contributed by atoms with Gasteiger partial charge < -0.3 is 14.8 Å². The summed E-state index contributed by atoms with van der Waals surface area (Å²) in [6.45, 7) is 1.79. The van der Waals surface area contributed by atoms with Gasteiger partial charge in [-0.05, 0) is 48.9 Å². The van der Waals surface area contributed by atoms with E-state index in [4.69, 9.17) is 21.1 Å². The predicted octanol–water partition coefficient (Wildman–Crippen LogP) is 5.10. The van der Waals surface area contributed by atoms with E-state index in [1.165, 1.54) is 6.92 Å². The Morgan fingerprint density at radius 1 is 0.931 bits per heavy atom. The predicted molar refractivity (Wildman–Crippen MR) is 112 cm³/mol. The summed E-state index contributed by atoms with van der Waals surface area (Å²) < 4.78 is 11.1. The summed E-state index contributed by atoms with van der Waals surface area (Å²) in [7, 11) is 0. The van der Waals surface area contributed by atoms with Crippen molar-refractivity contribution in [2.75, 3.05) is 5.32 Å². The molecule has 0 heterocycles. The molecule has 0 radical (unpaired) electrons. The molecule has 6 heteroatoms. The standard InChI is InChI=1S/C23H20ClNO4/c1-16(22(26)25-19-7-3-2-4-8-19)29-23(27)20-9-5-6-10-21(20)28-15-17-11-13-18(24)14-12-17/h2-14,16H,15H2,1H3,(H,25,26)/t16-/m1/s1. The Labute approximate surface area is 174 Å². The van der Waals surface area contributed by atoms with Gasteiger partial charge in [0.1, 0.15) is 17.9 Å². The van der Waals surface area contributed by atoms with Crippen LogP contribution in [0.25, 0.3) is 0 Å². The zero-order valence-corrected chi connectivity index (χ0v) is 16.6. The highest BCUT2D eigenvalue weighted by Crippen LogP contribution is 2.21. The van der Waals surface area contributed by atoms with Crippen molar-refractivity contribution in [1.82, 2.24) is 0 Å². The topological polar surface area (TPSA) is 64.6 Å². The van der Waals surface area contributed by atoms with E-state index < -0.39 is 18.0 Å². The Morgan fingerprint density at radius 3 is 2.31 bits per heavy atom. The Bertz CT molecular complexity index is 974. The van der Waals surface area contributed by atoms with Gasteiger partial charge in [0.25, 0.3) is 5.91 Å². The molecular weight excluding hydrogens is 390 g/mol. The smallest absolute Gasteiger partial charge is 0.342 e. The molecule has 0 aliphatic heterocycles. The molecule has 0 spiro atoms. The summed E-state index contributed by atoms with van der Waals surface area (Å²) in [5.74, 6) is -0.667. The average Bonchev–Trinajstić information content (AvgIpc) is 2.74. The lowest BCUT2D eigenvalue weighted by molar-refractivity contribution is -0.123. The number of anilines is 1. The number of hydrogen-bond acceptors (Lipinski definition) is 4. The van der Waals surface area contributed by atoms with Crippen LogP contribution >= 0.6 is 11.6 Å². The monoisotopic (exact) mass is 409 g/mol. The number of ether oxygens (including phenoxy) is 2. The molecule has 1 N–H and O–H groups in total. The summed E-state index contributed by atoms with van der Waals surface area (Å²) in [6, 6.07) is 23.0. The van der Waals surface area contributed by atoms with Crippen LogP contribution in [0.1, 0.15) is 22.8 Å². The molecule has 1 amide bonds. The van der Waals surface area contributed by atoms with Crippen LogP contribution in [0, 0.1) is 0 Å². The number of para-hydroxylation sites is 2. The summed E-state index contributed by atoms with van der Waals surface area (Å²) in [6.07, 6.45) is -0.966. The first-order valence-corrected chi connectivity index (χ1v) is 9.44. The Balaban J connectivity index is 1.62. The quantitative estimate of drug-likeness (QED) is 0.551. The molecule has 0 aliphatic carbocycles. The van der Waals surface area contributed by atoms with Gasteiger partial charge in [-0.1, -0.05) is 54.1 Å². The highest BCUT2D eigenvalue weighted by molar-refractivity contribution is 6.30. The molecule has 148 valence electrons. The Kier molecular flexibility index (Phi) is 6.87. The lowest BCUT2D eigenvalue weighted by Gasteiger charge is -2.15. The minimum absolute atomic E-state index is 0.251. The first kappa shape index (κ1) is 20.4. The second-order valence-corrected chi connectivity index (χ2v) is 6.75. The molecule has 0 aliphatic rings. The van der Waals surface area contributed by atoms with E-state index in [0.717, 1.165) is 5.56 Å². The van der Waals surface area contributed by atoms with Gasteiger partial charge in [0.05, 0.1) is 0 Å². The number of esters is 1. The van der Waals surface area contributed by atoms with Gasteiger partial charge in [0, 0.05) is 10.7 Å². The fourth-order valence-electron chi connectivity index (χ4n) is 2.55. The second-order valence-electron chi connectivity index (χ2n) is 6.31. The summed E-state index contributed by atoms with van der Waals surface area (Å²) in [5, 5.41) is 3.35. The Hall–Kier alpha value is -3.31. The molecule has 0 aromatic heterocycles. The third-order valence-electron chi connectivity index (χ3n) is 4.11. The fraction of sp³-hybridized carbons (Fsp3) is 0.130. The lowest BCUT2D eigenvalue weighted by Crippen LogP contribution is -2.30. The molecule has 0 saturated carbocycles. The van der Waals surface area contributed by atoms with Crippen LogP contribution < -0.4 is 10.1 Å². The van der Waals surface area contributed by atoms with E-state index in [1.807, 2.05) is 18.2 Å². The minimum Gasteiger partial charge on any atom is -0.488 e. The molecule has 0 saturated heterocycles. The molecule has 0 fully saturated rings. The highest BCUT2D eigenvalue weighted by atomic mass is 35.5. The first-order valence-electron chi connectivity index (χ1n) is 9.06. The van der Waals surface area contributed by atoms with Gasteiger partial charge in [0.15, 0.2) is 6.10 Å². The van der Waals surface area contributed by atoms with Crippen LogP contribution in [-0.4, -0.2) is 18.0 Å². The number of benzene rings is 3.